The highest BCUT2D eigenvalue weighted by atomic mass is 16.5. The van der Waals surface area contributed by atoms with E-state index in [0.29, 0.717) is 22.8 Å². The van der Waals surface area contributed by atoms with Crippen LogP contribution in [0, 0.1) is 5.21 Å². The lowest BCUT2D eigenvalue weighted by molar-refractivity contribution is -0.605. The SMILES string of the molecule is O=C(NCC1CCCc2ccccc21)c1cc[n+]([O-])cc1. The van der Waals surface area contributed by atoms with Crippen LogP contribution in [0.5, 0.6) is 0 Å². The molecule has 0 aliphatic heterocycles. The van der Waals surface area contributed by atoms with Crippen LogP contribution >= 0.6 is 0 Å². The Kier molecular flexibility index (Phi) is 3.86. The highest BCUT2D eigenvalue weighted by Gasteiger charge is 2.20. The third-order valence-electron chi connectivity index (χ3n) is 4.07. The predicted octanol–water partition coefficient (Wildman–Crippen LogP) is 2.17. The number of carbonyl (C=O) groups is 1. The number of pyridine rings is 1. The van der Waals surface area contributed by atoms with Crippen molar-refractivity contribution < 1.29 is 9.52 Å². The molecule has 1 amide bonds. The van der Waals surface area contributed by atoms with E-state index in [0.717, 1.165) is 12.8 Å². The van der Waals surface area contributed by atoms with E-state index < -0.39 is 0 Å². The number of hydrogen-bond acceptors (Lipinski definition) is 2. The maximum Gasteiger partial charge on any atom is 0.251 e. The van der Waals surface area contributed by atoms with Crippen molar-refractivity contribution in [2.75, 3.05) is 6.54 Å². The van der Waals surface area contributed by atoms with E-state index in [9.17, 15) is 10.0 Å². The Bertz CT molecular complexity index is 637. The van der Waals surface area contributed by atoms with Gasteiger partial charge in [-0.25, -0.2) is 0 Å². The van der Waals surface area contributed by atoms with Crippen molar-refractivity contribution in [2.45, 2.75) is 25.2 Å². The molecule has 1 heterocycles. The van der Waals surface area contributed by atoms with E-state index in [1.165, 1.54) is 42.1 Å². The third-order valence-corrected chi connectivity index (χ3v) is 4.07. The molecule has 0 bridgehead atoms. The molecule has 1 aliphatic rings. The molecule has 0 radical (unpaired) electrons. The number of hydrogen-bond donors (Lipinski definition) is 1. The number of carbonyl (C=O) groups excluding carboxylic acids is 1. The lowest BCUT2D eigenvalue weighted by Crippen LogP contribution is -2.31. The first-order valence-electron chi connectivity index (χ1n) is 7.29. The van der Waals surface area contributed by atoms with E-state index in [1.807, 2.05) is 0 Å². The standard InChI is InChI=1S/C17H18N2O2/c20-17(14-8-10-19(21)11-9-14)18-12-15-6-3-5-13-4-1-2-7-16(13)15/h1-2,4,7-11,15H,3,5-6,12H2,(H,18,20). The fourth-order valence-corrected chi connectivity index (χ4v) is 2.95. The number of fused-ring (bicyclic) bond motifs is 1. The quantitative estimate of drug-likeness (QED) is 0.693. The highest BCUT2D eigenvalue weighted by molar-refractivity contribution is 5.93. The molecular weight excluding hydrogens is 264 g/mol. The van der Waals surface area contributed by atoms with E-state index >= 15 is 0 Å². The number of rotatable bonds is 3. The van der Waals surface area contributed by atoms with Crippen molar-refractivity contribution in [1.29, 1.82) is 0 Å². The average molecular weight is 282 g/mol. The molecule has 1 aromatic carbocycles. The van der Waals surface area contributed by atoms with E-state index in [-0.39, 0.29) is 5.91 Å². The van der Waals surface area contributed by atoms with Gasteiger partial charge in [-0.1, -0.05) is 24.3 Å². The summed E-state index contributed by atoms with van der Waals surface area (Å²) in [6.45, 7) is 0.641. The van der Waals surface area contributed by atoms with Crippen molar-refractivity contribution in [3.8, 4) is 0 Å². The van der Waals surface area contributed by atoms with Gasteiger partial charge in [-0.3, -0.25) is 4.79 Å². The first-order chi connectivity index (χ1) is 10.2. The highest BCUT2D eigenvalue weighted by Crippen LogP contribution is 2.30. The van der Waals surface area contributed by atoms with Crippen LogP contribution in [-0.4, -0.2) is 12.5 Å². The Morgan fingerprint density at radius 2 is 2.00 bits per heavy atom. The summed E-state index contributed by atoms with van der Waals surface area (Å²) in [5, 5.41) is 14.0. The second-order valence-corrected chi connectivity index (χ2v) is 5.44. The maximum absolute atomic E-state index is 12.1. The first kappa shape index (κ1) is 13.6. The van der Waals surface area contributed by atoms with Gasteiger partial charge >= 0.3 is 0 Å². The Balaban J connectivity index is 1.66. The second-order valence-electron chi connectivity index (χ2n) is 5.44. The van der Waals surface area contributed by atoms with Crippen LogP contribution in [0.25, 0.3) is 0 Å². The first-order valence-corrected chi connectivity index (χ1v) is 7.29. The van der Waals surface area contributed by atoms with Crippen LogP contribution < -0.4 is 10.0 Å². The van der Waals surface area contributed by atoms with Gasteiger partial charge in [0.2, 0.25) is 0 Å². The minimum atomic E-state index is -0.126. The summed E-state index contributed by atoms with van der Waals surface area (Å²) in [6, 6.07) is 11.5. The van der Waals surface area contributed by atoms with Gasteiger partial charge in [0.15, 0.2) is 12.4 Å². The normalized spacial score (nSPS) is 17.0. The molecular formula is C17H18N2O2. The van der Waals surface area contributed by atoms with Gasteiger partial charge in [0.1, 0.15) is 0 Å². The Morgan fingerprint density at radius 1 is 1.24 bits per heavy atom. The van der Waals surface area contributed by atoms with Gasteiger partial charge in [0.25, 0.3) is 5.91 Å². The smallest absolute Gasteiger partial charge is 0.251 e. The fourth-order valence-electron chi connectivity index (χ4n) is 2.95. The molecule has 2 aromatic rings. The van der Waals surface area contributed by atoms with Crippen LogP contribution in [0.15, 0.2) is 48.8 Å². The van der Waals surface area contributed by atoms with Crippen LogP contribution in [0.4, 0.5) is 0 Å². The monoisotopic (exact) mass is 282 g/mol. The zero-order chi connectivity index (χ0) is 14.7. The molecule has 1 aromatic heterocycles. The summed E-state index contributed by atoms with van der Waals surface area (Å²) < 4.78 is 0.675. The zero-order valence-corrected chi connectivity index (χ0v) is 11.8. The molecule has 0 fully saturated rings. The van der Waals surface area contributed by atoms with Gasteiger partial charge in [0.05, 0.1) is 5.56 Å². The molecule has 1 unspecified atom stereocenters. The lowest BCUT2D eigenvalue weighted by atomic mass is 9.83. The van der Waals surface area contributed by atoms with Crippen LogP contribution in [0.3, 0.4) is 0 Å². The minimum absolute atomic E-state index is 0.126. The molecule has 4 heteroatoms. The van der Waals surface area contributed by atoms with E-state index in [4.69, 9.17) is 0 Å². The van der Waals surface area contributed by atoms with Gasteiger partial charge in [-0.15, -0.1) is 0 Å². The number of nitrogens with one attached hydrogen (secondary N) is 1. The van der Waals surface area contributed by atoms with Crippen molar-refractivity contribution in [3.63, 3.8) is 0 Å². The number of nitrogens with zero attached hydrogens (tertiary/aromatic N) is 1. The van der Waals surface area contributed by atoms with Crippen LogP contribution in [-0.2, 0) is 6.42 Å². The summed E-state index contributed by atoms with van der Waals surface area (Å²) in [5.41, 5.74) is 3.27. The van der Waals surface area contributed by atoms with E-state index in [1.54, 1.807) is 0 Å². The maximum atomic E-state index is 12.1. The van der Waals surface area contributed by atoms with Gasteiger partial charge in [-0.05, 0) is 30.4 Å². The van der Waals surface area contributed by atoms with E-state index in [2.05, 4.69) is 29.6 Å². The molecule has 1 atom stereocenters. The fraction of sp³-hybridized carbons (Fsp3) is 0.294. The van der Waals surface area contributed by atoms with Gasteiger partial charge in [0, 0.05) is 24.6 Å². The summed E-state index contributed by atoms with van der Waals surface area (Å²) in [5.74, 6) is 0.255. The average Bonchev–Trinajstić information content (AvgIpc) is 2.53. The molecule has 4 nitrogen and oxygen atoms in total. The minimum Gasteiger partial charge on any atom is -0.619 e. The molecule has 0 saturated carbocycles. The molecule has 1 aliphatic carbocycles. The number of amides is 1. The predicted molar refractivity (Wildman–Crippen MR) is 79.9 cm³/mol. The third kappa shape index (κ3) is 3.05. The van der Waals surface area contributed by atoms with Crippen molar-refractivity contribution >= 4 is 5.91 Å². The lowest BCUT2D eigenvalue weighted by Gasteiger charge is -2.25. The number of aromatic nitrogens is 1. The molecule has 1 N–H and O–H groups in total. The molecule has 0 spiro atoms. The topological polar surface area (TPSA) is 56.0 Å². The number of aryl methyl sites for hydroxylation is 1. The molecule has 3 rings (SSSR count). The summed E-state index contributed by atoms with van der Waals surface area (Å²) in [7, 11) is 0. The van der Waals surface area contributed by atoms with Crippen LogP contribution in [0.1, 0.15) is 40.2 Å². The summed E-state index contributed by atoms with van der Waals surface area (Å²) in [6.07, 6.45) is 6.07. The Morgan fingerprint density at radius 3 is 2.81 bits per heavy atom. The van der Waals surface area contributed by atoms with Crippen molar-refractivity contribution in [3.05, 3.63) is 70.7 Å². The van der Waals surface area contributed by atoms with Gasteiger partial charge in [-0.2, -0.15) is 4.73 Å². The zero-order valence-electron chi connectivity index (χ0n) is 11.8. The Hall–Kier alpha value is -2.36. The van der Waals surface area contributed by atoms with Gasteiger partial charge < -0.3 is 10.5 Å². The molecule has 0 saturated heterocycles. The summed E-state index contributed by atoms with van der Waals surface area (Å²) in [4.78, 5) is 12.1. The molecule has 21 heavy (non-hydrogen) atoms. The number of benzene rings is 1. The van der Waals surface area contributed by atoms with Crippen molar-refractivity contribution in [2.24, 2.45) is 0 Å². The Labute approximate surface area is 124 Å². The molecule has 108 valence electrons. The summed E-state index contributed by atoms with van der Waals surface area (Å²) >= 11 is 0. The second kappa shape index (κ2) is 5.95. The van der Waals surface area contributed by atoms with Crippen molar-refractivity contribution in [1.82, 2.24) is 5.32 Å². The largest absolute Gasteiger partial charge is 0.619 e. The van der Waals surface area contributed by atoms with Crippen LogP contribution in [0.2, 0.25) is 0 Å².